The standard InChI is InChI=1S/C7H3BrF3NO/c8-4-5(9)3(2-13)1-12-6(4)7(10)11/h1-2,7H. The van der Waals surface area contributed by atoms with Crippen molar-refractivity contribution in [3.63, 3.8) is 0 Å². The van der Waals surface area contributed by atoms with E-state index in [2.05, 4.69) is 20.9 Å². The maximum Gasteiger partial charge on any atom is 0.281 e. The fraction of sp³-hybridized carbons (Fsp3) is 0.143. The van der Waals surface area contributed by atoms with Crippen LogP contribution in [0.3, 0.4) is 0 Å². The molecule has 13 heavy (non-hydrogen) atoms. The molecule has 0 aliphatic carbocycles. The van der Waals surface area contributed by atoms with E-state index in [1.54, 1.807) is 0 Å². The molecule has 0 N–H and O–H groups in total. The van der Waals surface area contributed by atoms with Crippen molar-refractivity contribution in [3.8, 4) is 0 Å². The van der Waals surface area contributed by atoms with Gasteiger partial charge < -0.3 is 0 Å². The van der Waals surface area contributed by atoms with E-state index >= 15 is 0 Å². The van der Waals surface area contributed by atoms with Gasteiger partial charge in [-0.2, -0.15) is 0 Å². The smallest absolute Gasteiger partial charge is 0.281 e. The first-order valence-corrected chi connectivity index (χ1v) is 3.94. The molecule has 1 aromatic rings. The maximum absolute atomic E-state index is 13.0. The molecule has 0 aliphatic heterocycles. The molecule has 1 aromatic heterocycles. The topological polar surface area (TPSA) is 30.0 Å². The molecule has 1 rings (SSSR count). The molecule has 1 heterocycles. The van der Waals surface area contributed by atoms with E-state index in [9.17, 15) is 18.0 Å². The van der Waals surface area contributed by atoms with Crippen molar-refractivity contribution in [2.45, 2.75) is 6.43 Å². The van der Waals surface area contributed by atoms with Crippen LogP contribution in [0.4, 0.5) is 13.2 Å². The molecular formula is C7H3BrF3NO. The number of hydrogen-bond acceptors (Lipinski definition) is 2. The monoisotopic (exact) mass is 253 g/mol. The van der Waals surface area contributed by atoms with Crippen molar-refractivity contribution in [2.75, 3.05) is 0 Å². The van der Waals surface area contributed by atoms with Gasteiger partial charge in [0.2, 0.25) is 0 Å². The Balaban J connectivity index is 3.31. The number of aromatic nitrogens is 1. The summed E-state index contributed by atoms with van der Waals surface area (Å²) in [6.07, 6.45) is -1.89. The van der Waals surface area contributed by atoms with Crippen molar-refractivity contribution < 1.29 is 18.0 Å². The number of alkyl halides is 2. The minimum Gasteiger partial charge on any atom is -0.298 e. The molecule has 0 aliphatic rings. The minimum atomic E-state index is -2.87. The van der Waals surface area contributed by atoms with Gasteiger partial charge in [0.25, 0.3) is 6.43 Å². The van der Waals surface area contributed by atoms with Crippen molar-refractivity contribution in [2.24, 2.45) is 0 Å². The van der Waals surface area contributed by atoms with Crippen LogP contribution in [-0.2, 0) is 0 Å². The quantitative estimate of drug-likeness (QED) is 0.759. The Kier molecular flexibility index (Phi) is 3.02. The molecule has 0 saturated carbocycles. The summed E-state index contributed by atoms with van der Waals surface area (Å²) in [5.74, 6) is -1.01. The van der Waals surface area contributed by atoms with E-state index in [4.69, 9.17) is 0 Å². The second-order valence-corrected chi connectivity index (χ2v) is 2.94. The molecule has 70 valence electrons. The SMILES string of the molecule is O=Cc1cnc(C(F)F)c(Br)c1F. The van der Waals surface area contributed by atoms with Crippen LogP contribution in [0.2, 0.25) is 0 Å². The molecule has 0 spiro atoms. The van der Waals surface area contributed by atoms with E-state index in [0.29, 0.717) is 0 Å². The highest BCUT2D eigenvalue weighted by atomic mass is 79.9. The molecule has 6 heteroatoms. The molecule has 0 saturated heterocycles. The Morgan fingerprint density at radius 1 is 1.54 bits per heavy atom. The highest BCUT2D eigenvalue weighted by molar-refractivity contribution is 9.10. The van der Waals surface area contributed by atoms with Crippen LogP contribution >= 0.6 is 15.9 Å². The zero-order valence-electron chi connectivity index (χ0n) is 6.10. The van der Waals surface area contributed by atoms with E-state index < -0.39 is 22.4 Å². The second-order valence-electron chi connectivity index (χ2n) is 2.15. The van der Waals surface area contributed by atoms with Gasteiger partial charge in [-0.3, -0.25) is 9.78 Å². The summed E-state index contributed by atoms with van der Waals surface area (Å²) in [6, 6.07) is 0. The maximum atomic E-state index is 13.0. The summed E-state index contributed by atoms with van der Waals surface area (Å²) in [5.41, 5.74) is -1.06. The number of nitrogens with zero attached hydrogens (tertiary/aromatic N) is 1. The predicted molar refractivity (Wildman–Crippen MR) is 42.2 cm³/mol. The summed E-state index contributed by atoms with van der Waals surface area (Å²) in [7, 11) is 0. The van der Waals surface area contributed by atoms with Gasteiger partial charge in [-0.05, 0) is 15.9 Å². The third-order valence-electron chi connectivity index (χ3n) is 1.35. The van der Waals surface area contributed by atoms with Gasteiger partial charge in [0, 0.05) is 6.20 Å². The van der Waals surface area contributed by atoms with Crippen LogP contribution in [0.25, 0.3) is 0 Å². The lowest BCUT2D eigenvalue weighted by Crippen LogP contribution is -1.99. The molecule has 0 aromatic carbocycles. The summed E-state index contributed by atoms with van der Waals surface area (Å²) in [6.45, 7) is 0. The van der Waals surface area contributed by atoms with Crippen molar-refractivity contribution in [1.82, 2.24) is 4.98 Å². The fourth-order valence-corrected chi connectivity index (χ4v) is 1.23. The average molecular weight is 254 g/mol. The van der Waals surface area contributed by atoms with Crippen molar-refractivity contribution >= 4 is 22.2 Å². The van der Waals surface area contributed by atoms with Crippen molar-refractivity contribution in [1.29, 1.82) is 0 Å². The van der Waals surface area contributed by atoms with Gasteiger partial charge in [0.1, 0.15) is 5.69 Å². The fourth-order valence-electron chi connectivity index (χ4n) is 0.726. The highest BCUT2D eigenvalue weighted by Gasteiger charge is 2.18. The lowest BCUT2D eigenvalue weighted by Gasteiger charge is -2.03. The summed E-state index contributed by atoms with van der Waals surface area (Å²) >= 11 is 2.60. The second kappa shape index (κ2) is 3.87. The Bertz CT molecular complexity index is 343. The first-order valence-electron chi connectivity index (χ1n) is 3.15. The Labute approximate surface area is 79.9 Å². The lowest BCUT2D eigenvalue weighted by molar-refractivity contribution is 0.111. The summed E-state index contributed by atoms with van der Waals surface area (Å²) < 4.78 is 36.7. The molecule has 0 atom stereocenters. The van der Waals surface area contributed by atoms with Crippen LogP contribution in [0.1, 0.15) is 22.5 Å². The molecule has 0 unspecified atom stereocenters. The van der Waals surface area contributed by atoms with Crippen LogP contribution in [0.5, 0.6) is 0 Å². The van der Waals surface area contributed by atoms with Crippen LogP contribution < -0.4 is 0 Å². The molecule has 0 amide bonds. The van der Waals surface area contributed by atoms with Crippen LogP contribution in [0, 0.1) is 5.82 Å². The zero-order valence-corrected chi connectivity index (χ0v) is 7.69. The Morgan fingerprint density at radius 3 is 2.62 bits per heavy atom. The number of pyridine rings is 1. The van der Waals surface area contributed by atoms with Gasteiger partial charge in [-0.25, -0.2) is 13.2 Å². The number of halogens is 4. The van der Waals surface area contributed by atoms with E-state index in [-0.39, 0.29) is 11.8 Å². The minimum absolute atomic E-state index is 0.211. The molecule has 0 bridgehead atoms. The van der Waals surface area contributed by atoms with E-state index in [0.717, 1.165) is 6.20 Å². The Hall–Kier alpha value is -0.910. The average Bonchev–Trinajstić information content (AvgIpc) is 2.09. The molecule has 0 radical (unpaired) electrons. The third-order valence-corrected chi connectivity index (χ3v) is 2.10. The summed E-state index contributed by atoms with van der Waals surface area (Å²) in [5, 5.41) is 0. The third kappa shape index (κ3) is 1.88. The van der Waals surface area contributed by atoms with Gasteiger partial charge >= 0.3 is 0 Å². The number of carbonyl (C=O) groups excluding carboxylic acids is 1. The number of hydrogen-bond donors (Lipinski definition) is 0. The van der Waals surface area contributed by atoms with E-state index in [1.807, 2.05) is 0 Å². The van der Waals surface area contributed by atoms with Crippen LogP contribution in [-0.4, -0.2) is 11.3 Å². The van der Waals surface area contributed by atoms with Crippen molar-refractivity contribution in [3.05, 3.63) is 27.7 Å². The molecule has 0 fully saturated rings. The first kappa shape index (κ1) is 10.2. The molecular weight excluding hydrogens is 251 g/mol. The van der Waals surface area contributed by atoms with Gasteiger partial charge in [-0.1, -0.05) is 0 Å². The van der Waals surface area contributed by atoms with Gasteiger partial charge in [0.15, 0.2) is 12.1 Å². The highest BCUT2D eigenvalue weighted by Crippen LogP contribution is 2.28. The zero-order chi connectivity index (χ0) is 10.0. The van der Waals surface area contributed by atoms with Crippen LogP contribution in [0.15, 0.2) is 10.7 Å². The largest absolute Gasteiger partial charge is 0.298 e. The predicted octanol–water partition coefficient (Wildman–Crippen LogP) is 2.73. The first-order chi connectivity index (χ1) is 6.07. The lowest BCUT2D eigenvalue weighted by atomic mass is 10.2. The van der Waals surface area contributed by atoms with Gasteiger partial charge in [-0.15, -0.1) is 0 Å². The normalized spacial score (nSPS) is 10.5. The van der Waals surface area contributed by atoms with E-state index in [1.165, 1.54) is 0 Å². The van der Waals surface area contributed by atoms with Gasteiger partial charge in [0.05, 0.1) is 10.0 Å². The summed E-state index contributed by atoms with van der Waals surface area (Å²) in [4.78, 5) is 13.4. The molecule has 2 nitrogen and oxygen atoms in total. The number of carbonyl (C=O) groups is 1. The number of rotatable bonds is 2. The number of aldehydes is 1. The Morgan fingerprint density at radius 2 is 2.15 bits per heavy atom.